The molecule has 30 heavy (non-hydrogen) atoms. The van der Waals surface area contributed by atoms with E-state index in [-0.39, 0.29) is 18.6 Å². The van der Waals surface area contributed by atoms with Crippen LogP contribution >= 0.6 is 0 Å². The van der Waals surface area contributed by atoms with Crippen molar-refractivity contribution in [3.05, 3.63) is 59.3 Å². The van der Waals surface area contributed by atoms with E-state index in [9.17, 15) is 9.59 Å². The van der Waals surface area contributed by atoms with E-state index in [2.05, 4.69) is 11.1 Å². The molecule has 7 heteroatoms. The third-order valence-electron chi connectivity index (χ3n) is 6.67. The van der Waals surface area contributed by atoms with Crippen LogP contribution in [-0.4, -0.2) is 52.5 Å². The van der Waals surface area contributed by atoms with Gasteiger partial charge in [-0.1, -0.05) is 24.3 Å². The normalized spacial score (nSPS) is 24.9. The second kappa shape index (κ2) is 6.01. The number of rotatable bonds is 1. The number of para-hydroxylation sites is 1. The zero-order valence-corrected chi connectivity index (χ0v) is 16.7. The molecule has 0 saturated carbocycles. The van der Waals surface area contributed by atoms with Gasteiger partial charge in [-0.3, -0.25) is 9.59 Å². The number of ether oxygens (including phenoxy) is 2. The number of amides is 2. The Morgan fingerprint density at radius 3 is 2.70 bits per heavy atom. The first-order valence-corrected chi connectivity index (χ1v) is 10.1. The molecule has 0 spiro atoms. The van der Waals surface area contributed by atoms with E-state index in [0.29, 0.717) is 17.9 Å². The molecule has 1 aromatic heterocycles. The number of aromatic amines is 1. The van der Waals surface area contributed by atoms with Crippen molar-refractivity contribution in [3.63, 3.8) is 0 Å². The van der Waals surface area contributed by atoms with Crippen LogP contribution in [0.3, 0.4) is 0 Å². The van der Waals surface area contributed by atoms with Gasteiger partial charge >= 0.3 is 0 Å². The second-order valence-electron chi connectivity index (χ2n) is 8.17. The van der Waals surface area contributed by atoms with Gasteiger partial charge in [0.05, 0.1) is 6.04 Å². The molecule has 3 aromatic rings. The Morgan fingerprint density at radius 2 is 1.83 bits per heavy atom. The van der Waals surface area contributed by atoms with Crippen molar-refractivity contribution in [2.75, 3.05) is 13.8 Å². The number of carbonyl (C=O) groups is 2. The Bertz CT molecular complexity index is 1220. The minimum Gasteiger partial charge on any atom is -0.454 e. The standard InChI is InChI=1S/C23H21N3O4/c1-12-22(27)26-17(23(28)25(12)2)10-15-14-5-3-4-6-16(14)24-20(15)21(26)13-7-8-18-19(9-13)30-11-29-18/h3-9,12,17,21,24H,10-11H2,1-2H3/t12-,17-,21-/m1/s1. The lowest BCUT2D eigenvalue weighted by Gasteiger charge is -2.48. The van der Waals surface area contributed by atoms with Crippen molar-refractivity contribution in [2.24, 2.45) is 0 Å². The van der Waals surface area contributed by atoms with Gasteiger partial charge < -0.3 is 24.3 Å². The SMILES string of the molecule is C[C@@H]1C(=O)N2[C@H](c3ccc4c(c3)OCO4)c3[nH]c4ccccc4c3C[C@@H]2C(=O)N1C. The summed E-state index contributed by atoms with van der Waals surface area (Å²) in [4.78, 5) is 33.5. The summed E-state index contributed by atoms with van der Waals surface area (Å²) in [6.45, 7) is 1.97. The fourth-order valence-electron chi connectivity index (χ4n) is 4.99. The molecule has 7 nitrogen and oxygen atoms in total. The van der Waals surface area contributed by atoms with E-state index in [1.807, 2.05) is 36.4 Å². The number of likely N-dealkylation sites (N-methyl/N-ethyl adjacent to an activating group) is 1. The van der Waals surface area contributed by atoms with E-state index < -0.39 is 18.1 Å². The molecule has 3 aliphatic rings. The zero-order valence-electron chi connectivity index (χ0n) is 16.7. The maximum atomic E-state index is 13.4. The Labute approximate surface area is 173 Å². The summed E-state index contributed by atoms with van der Waals surface area (Å²) >= 11 is 0. The molecule has 4 heterocycles. The first-order chi connectivity index (χ1) is 14.5. The van der Waals surface area contributed by atoms with Crippen LogP contribution in [0.1, 0.15) is 29.8 Å². The van der Waals surface area contributed by atoms with Gasteiger partial charge in [-0.2, -0.15) is 0 Å². The Kier molecular flexibility index (Phi) is 3.48. The number of aromatic nitrogens is 1. The highest BCUT2D eigenvalue weighted by Gasteiger charge is 2.50. The van der Waals surface area contributed by atoms with Crippen molar-refractivity contribution in [3.8, 4) is 11.5 Å². The highest BCUT2D eigenvalue weighted by atomic mass is 16.7. The lowest BCUT2D eigenvalue weighted by atomic mass is 9.85. The molecule has 1 fully saturated rings. The number of nitrogens with zero attached hydrogens (tertiary/aromatic N) is 2. The van der Waals surface area contributed by atoms with E-state index in [0.717, 1.165) is 27.7 Å². The number of hydrogen-bond donors (Lipinski definition) is 1. The van der Waals surface area contributed by atoms with Crippen LogP contribution in [0.25, 0.3) is 10.9 Å². The number of hydrogen-bond acceptors (Lipinski definition) is 4. The average molecular weight is 403 g/mol. The number of fused-ring (bicyclic) bond motifs is 5. The summed E-state index contributed by atoms with van der Waals surface area (Å²) in [5, 5.41) is 1.10. The summed E-state index contributed by atoms with van der Waals surface area (Å²) in [6, 6.07) is 12.4. The number of nitrogens with one attached hydrogen (secondary N) is 1. The molecule has 0 aliphatic carbocycles. The monoisotopic (exact) mass is 403 g/mol. The fraction of sp³-hybridized carbons (Fsp3) is 0.304. The van der Waals surface area contributed by atoms with E-state index in [1.165, 1.54) is 0 Å². The van der Waals surface area contributed by atoms with Crippen LogP contribution in [0.4, 0.5) is 0 Å². The average Bonchev–Trinajstić information content (AvgIpc) is 3.38. The molecule has 3 aliphatic heterocycles. The van der Waals surface area contributed by atoms with Crippen LogP contribution < -0.4 is 9.47 Å². The molecule has 6 rings (SSSR count). The highest BCUT2D eigenvalue weighted by molar-refractivity contribution is 5.99. The van der Waals surface area contributed by atoms with Crippen LogP contribution in [0.5, 0.6) is 11.5 Å². The summed E-state index contributed by atoms with van der Waals surface area (Å²) < 4.78 is 11.1. The first-order valence-electron chi connectivity index (χ1n) is 10.1. The van der Waals surface area contributed by atoms with Crippen LogP contribution in [0.15, 0.2) is 42.5 Å². The van der Waals surface area contributed by atoms with Gasteiger partial charge in [-0.15, -0.1) is 0 Å². The predicted molar refractivity (Wildman–Crippen MR) is 109 cm³/mol. The molecule has 0 unspecified atom stereocenters. The maximum Gasteiger partial charge on any atom is 0.246 e. The Hall–Kier alpha value is -3.48. The van der Waals surface area contributed by atoms with Gasteiger partial charge in [0.2, 0.25) is 18.6 Å². The van der Waals surface area contributed by atoms with Crippen LogP contribution in [0, 0.1) is 0 Å². The Morgan fingerprint density at radius 1 is 1.03 bits per heavy atom. The van der Waals surface area contributed by atoms with Gasteiger partial charge in [0.1, 0.15) is 12.1 Å². The minimum absolute atomic E-state index is 0.0243. The van der Waals surface area contributed by atoms with Gasteiger partial charge in [-0.05, 0) is 36.2 Å². The lowest BCUT2D eigenvalue weighted by Crippen LogP contribution is -2.65. The topological polar surface area (TPSA) is 74.9 Å². The van der Waals surface area contributed by atoms with Crippen molar-refractivity contribution in [2.45, 2.75) is 31.5 Å². The molecule has 3 atom stereocenters. The first kappa shape index (κ1) is 17.4. The molecular formula is C23H21N3O4. The fourth-order valence-corrected chi connectivity index (χ4v) is 4.99. The third-order valence-corrected chi connectivity index (χ3v) is 6.67. The number of H-pyrrole nitrogens is 1. The van der Waals surface area contributed by atoms with Crippen LogP contribution in [0.2, 0.25) is 0 Å². The zero-order chi connectivity index (χ0) is 20.6. The molecule has 0 bridgehead atoms. The van der Waals surface area contributed by atoms with Gasteiger partial charge in [0, 0.05) is 30.1 Å². The third kappa shape index (κ3) is 2.20. The largest absolute Gasteiger partial charge is 0.454 e. The molecule has 0 radical (unpaired) electrons. The quantitative estimate of drug-likeness (QED) is 0.678. The summed E-state index contributed by atoms with van der Waals surface area (Å²) in [5.74, 6) is 1.28. The van der Waals surface area contributed by atoms with Gasteiger partial charge in [0.15, 0.2) is 11.5 Å². The number of benzene rings is 2. The Balaban J connectivity index is 1.60. The van der Waals surface area contributed by atoms with Crippen molar-refractivity contribution in [1.82, 2.24) is 14.8 Å². The molecular weight excluding hydrogens is 382 g/mol. The smallest absolute Gasteiger partial charge is 0.246 e. The molecule has 1 saturated heterocycles. The van der Waals surface area contributed by atoms with Crippen molar-refractivity contribution < 1.29 is 19.1 Å². The number of piperazine rings is 1. The molecule has 152 valence electrons. The van der Waals surface area contributed by atoms with Crippen molar-refractivity contribution >= 4 is 22.7 Å². The highest BCUT2D eigenvalue weighted by Crippen LogP contribution is 2.45. The summed E-state index contributed by atoms with van der Waals surface area (Å²) in [7, 11) is 1.71. The summed E-state index contributed by atoms with van der Waals surface area (Å²) in [5.41, 5.74) is 3.96. The van der Waals surface area contributed by atoms with E-state index >= 15 is 0 Å². The second-order valence-corrected chi connectivity index (χ2v) is 8.17. The van der Waals surface area contributed by atoms with Crippen molar-refractivity contribution in [1.29, 1.82) is 0 Å². The molecule has 1 N–H and O–H groups in total. The number of carbonyl (C=O) groups excluding carboxylic acids is 2. The molecule has 2 amide bonds. The summed E-state index contributed by atoms with van der Waals surface area (Å²) in [6.07, 6.45) is 0.502. The minimum atomic E-state index is -0.527. The predicted octanol–water partition coefficient (Wildman–Crippen LogP) is 2.60. The van der Waals surface area contributed by atoms with Crippen LogP contribution in [-0.2, 0) is 16.0 Å². The lowest BCUT2D eigenvalue weighted by molar-refractivity contribution is -0.162. The maximum absolute atomic E-state index is 13.4. The van der Waals surface area contributed by atoms with Gasteiger partial charge in [-0.25, -0.2) is 0 Å². The molecule has 2 aromatic carbocycles. The van der Waals surface area contributed by atoms with E-state index in [4.69, 9.17) is 9.47 Å². The van der Waals surface area contributed by atoms with Gasteiger partial charge in [0.25, 0.3) is 0 Å². The van der Waals surface area contributed by atoms with E-state index in [1.54, 1.807) is 23.8 Å².